The fourth-order valence-corrected chi connectivity index (χ4v) is 1.75. The van der Waals surface area contributed by atoms with Crippen molar-refractivity contribution in [3.63, 3.8) is 0 Å². The van der Waals surface area contributed by atoms with Crippen LogP contribution in [0.1, 0.15) is 15.9 Å². The summed E-state index contributed by atoms with van der Waals surface area (Å²) in [7, 11) is 0. The molecule has 1 aromatic rings. The summed E-state index contributed by atoms with van der Waals surface area (Å²) in [5, 5.41) is 13.2. The number of nitrogens with one attached hydrogen (secondary N) is 1. The van der Waals surface area contributed by atoms with E-state index in [1.54, 1.807) is 24.3 Å². The van der Waals surface area contributed by atoms with Crippen molar-refractivity contribution in [3.05, 3.63) is 35.4 Å². The first kappa shape index (κ1) is 10.3. The molecule has 80 valence electrons. The van der Waals surface area contributed by atoms with E-state index in [0.717, 1.165) is 6.29 Å². The summed E-state index contributed by atoms with van der Waals surface area (Å²) >= 11 is 0. The molecule has 2 N–H and O–H groups in total. The molecule has 1 aliphatic rings. The largest absolute Gasteiger partial charge is 0.375 e. The van der Waals surface area contributed by atoms with Gasteiger partial charge in [0.05, 0.1) is 13.2 Å². The number of ether oxygens (including phenoxy) is 1. The van der Waals surface area contributed by atoms with Crippen molar-refractivity contribution < 1.29 is 14.6 Å². The molecule has 1 aliphatic heterocycles. The maximum absolute atomic E-state index is 10.8. The van der Waals surface area contributed by atoms with Gasteiger partial charge in [-0.3, -0.25) is 10.1 Å². The smallest absolute Gasteiger partial charge is 0.166 e. The number of carbonyl (C=O) groups excluding carboxylic acids is 1. The average molecular weight is 207 g/mol. The summed E-state index contributed by atoms with van der Waals surface area (Å²) < 4.78 is 5.21. The number of aliphatic hydroxyl groups is 1. The molecule has 1 aromatic carbocycles. The molecule has 0 spiro atoms. The van der Waals surface area contributed by atoms with E-state index in [-0.39, 0.29) is 6.61 Å². The molecule has 1 fully saturated rings. The Morgan fingerprint density at radius 1 is 1.47 bits per heavy atom. The van der Waals surface area contributed by atoms with Crippen LogP contribution in [0.5, 0.6) is 0 Å². The Morgan fingerprint density at radius 2 is 2.27 bits per heavy atom. The predicted octanol–water partition coefficient (Wildman–Crippen LogP) is 0.264. The lowest BCUT2D eigenvalue weighted by Crippen LogP contribution is -2.52. The summed E-state index contributed by atoms with van der Waals surface area (Å²) in [4.78, 5) is 10.8. The van der Waals surface area contributed by atoms with Crippen molar-refractivity contribution in [1.29, 1.82) is 0 Å². The Hall–Kier alpha value is -1.23. The SMILES string of the molecule is O=Cc1ccccc1[C@@]1(O)COCCN1. The zero-order chi connectivity index (χ0) is 10.7. The number of morpholine rings is 1. The Labute approximate surface area is 87.9 Å². The summed E-state index contributed by atoms with van der Waals surface area (Å²) in [6.07, 6.45) is 0.740. The van der Waals surface area contributed by atoms with E-state index >= 15 is 0 Å². The minimum absolute atomic E-state index is 0.165. The third kappa shape index (κ3) is 1.92. The Bertz CT molecular complexity index is 359. The lowest BCUT2D eigenvalue weighted by molar-refractivity contribution is -0.106. The van der Waals surface area contributed by atoms with Gasteiger partial charge in [0, 0.05) is 17.7 Å². The van der Waals surface area contributed by atoms with E-state index in [4.69, 9.17) is 4.74 Å². The van der Waals surface area contributed by atoms with Gasteiger partial charge in [-0.25, -0.2) is 0 Å². The molecule has 0 unspecified atom stereocenters. The van der Waals surface area contributed by atoms with E-state index in [2.05, 4.69) is 5.32 Å². The molecule has 1 saturated heterocycles. The monoisotopic (exact) mass is 207 g/mol. The molecule has 0 saturated carbocycles. The number of benzene rings is 1. The maximum Gasteiger partial charge on any atom is 0.166 e. The van der Waals surface area contributed by atoms with E-state index < -0.39 is 5.72 Å². The lowest BCUT2D eigenvalue weighted by Gasteiger charge is -2.34. The molecule has 1 heterocycles. The highest BCUT2D eigenvalue weighted by atomic mass is 16.5. The van der Waals surface area contributed by atoms with E-state index in [9.17, 15) is 9.90 Å². The molecular formula is C11H13NO3. The first-order chi connectivity index (χ1) is 7.26. The van der Waals surface area contributed by atoms with Crippen LogP contribution in [0, 0.1) is 0 Å². The third-order valence-electron chi connectivity index (χ3n) is 2.51. The molecule has 0 aromatic heterocycles. The maximum atomic E-state index is 10.8. The summed E-state index contributed by atoms with van der Waals surface area (Å²) in [5.41, 5.74) is -0.187. The minimum Gasteiger partial charge on any atom is -0.375 e. The van der Waals surface area contributed by atoms with E-state index in [1.165, 1.54) is 0 Å². The topological polar surface area (TPSA) is 58.6 Å². The molecule has 0 radical (unpaired) electrons. The van der Waals surface area contributed by atoms with Crippen LogP contribution in [-0.4, -0.2) is 31.2 Å². The van der Waals surface area contributed by atoms with Gasteiger partial charge in [0.15, 0.2) is 5.72 Å². The molecule has 0 amide bonds. The number of hydrogen-bond donors (Lipinski definition) is 2. The van der Waals surface area contributed by atoms with Crippen molar-refractivity contribution in [2.45, 2.75) is 5.72 Å². The molecule has 0 aliphatic carbocycles. The van der Waals surface area contributed by atoms with Gasteiger partial charge in [0.2, 0.25) is 0 Å². The minimum atomic E-state index is -1.24. The zero-order valence-corrected chi connectivity index (χ0v) is 8.27. The van der Waals surface area contributed by atoms with Crippen LogP contribution >= 0.6 is 0 Å². The molecule has 0 bridgehead atoms. The van der Waals surface area contributed by atoms with Gasteiger partial charge in [-0.05, 0) is 0 Å². The Balaban J connectivity index is 2.38. The second kappa shape index (κ2) is 4.10. The van der Waals surface area contributed by atoms with E-state index in [0.29, 0.717) is 24.3 Å². The quantitative estimate of drug-likeness (QED) is 0.683. The van der Waals surface area contributed by atoms with Crippen molar-refractivity contribution in [1.82, 2.24) is 5.32 Å². The van der Waals surface area contributed by atoms with Gasteiger partial charge in [0.1, 0.15) is 6.29 Å². The number of carbonyl (C=O) groups is 1. The Kier molecular flexibility index (Phi) is 2.81. The molecule has 4 heteroatoms. The number of rotatable bonds is 2. The summed E-state index contributed by atoms with van der Waals surface area (Å²) in [6, 6.07) is 6.96. The van der Waals surface area contributed by atoms with Crippen LogP contribution in [0.2, 0.25) is 0 Å². The van der Waals surface area contributed by atoms with Crippen LogP contribution in [0.25, 0.3) is 0 Å². The fraction of sp³-hybridized carbons (Fsp3) is 0.364. The zero-order valence-electron chi connectivity index (χ0n) is 8.27. The van der Waals surface area contributed by atoms with Crippen molar-refractivity contribution in [2.24, 2.45) is 0 Å². The predicted molar refractivity (Wildman–Crippen MR) is 54.5 cm³/mol. The third-order valence-corrected chi connectivity index (χ3v) is 2.51. The van der Waals surface area contributed by atoms with Crippen LogP contribution in [0.15, 0.2) is 24.3 Å². The first-order valence-corrected chi connectivity index (χ1v) is 4.86. The highest BCUT2D eigenvalue weighted by molar-refractivity contribution is 5.77. The van der Waals surface area contributed by atoms with Crippen LogP contribution in [-0.2, 0) is 10.5 Å². The van der Waals surface area contributed by atoms with Gasteiger partial charge >= 0.3 is 0 Å². The lowest BCUT2D eigenvalue weighted by atomic mass is 9.97. The molecule has 15 heavy (non-hydrogen) atoms. The fourth-order valence-electron chi connectivity index (χ4n) is 1.75. The molecule has 2 rings (SSSR count). The number of hydrogen-bond acceptors (Lipinski definition) is 4. The van der Waals surface area contributed by atoms with Crippen LogP contribution in [0.3, 0.4) is 0 Å². The molecule has 1 atom stereocenters. The summed E-state index contributed by atoms with van der Waals surface area (Å²) in [5.74, 6) is 0. The van der Waals surface area contributed by atoms with Gasteiger partial charge in [-0.1, -0.05) is 24.3 Å². The summed E-state index contributed by atoms with van der Waals surface area (Å²) in [6.45, 7) is 1.31. The van der Waals surface area contributed by atoms with Crippen molar-refractivity contribution in [3.8, 4) is 0 Å². The number of aldehydes is 1. The van der Waals surface area contributed by atoms with E-state index in [1.807, 2.05) is 0 Å². The van der Waals surface area contributed by atoms with Gasteiger partial charge in [-0.2, -0.15) is 0 Å². The average Bonchev–Trinajstić information content (AvgIpc) is 2.30. The van der Waals surface area contributed by atoms with Gasteiger partial charge in [-0.15, -0.1) is 0 Å². The highest BCUT2D eigenvalue weighted by Gasteiger charge is 2.33. The molecular weight excluding hydrogens is 194 g/mol. The standard InChI is InChI=1S/C11H13NO3/c13-7-9-3-1-2-4-10(9)11(14)8-15-6-5-12-11/h1-4,7,12,14H,5-6,8H2/t11-/m0/s1. The first-order valence-electron chi connectivity index (χ1n) is 4.86. The normalized spacial score (nSPS) is 26.2. The van der Waals surface area contributed by atoms with Crippen LogP contribution < -0.4 is 5.32 Å². The highest BCUT2D eigenvalue weighted by Crippen LogP contribution is 2.23. The second-order valence-electron chi connectivity index (χ2n) is 3.54. The van der Waals surface area contributed by atoms with Crippen LogP contribution in [0.4, 0.5) is 0 Å². The van der Waals surface area contributed by atoms with Crippen molar-refractivity contribution >= 4 is 6.29 Å². The Morgan fingerprint density at radius 3 is 2.93 bits per heavy atom. The molecule has 4 nitrogen and oxygen atoms in total. The van der Waals surface area contributed by atoms with Gasteiger partial charge in [0.25, 0.3) is 0 Å². The van der Waals surface area contributed by atoms with Gasteiger partial charge < -0.3 is 9.84 Å². The second-order valence-corrected chi connectivity index (χ2v) is 3.54. The van der Waals surface area contributed by atoms with Crippen molar-refractivity contribution in [2.75, 3.05) is 19.8 Å².